The molecule has 0 radical (unpaired) electrons. The van der Waals surface area contributed by atoms with Crippen LogP contribution in [0.3, 0.4) is 0 Å². The van der Waals surface area contributed by atoms with Gasteiger partial charge in [0.05, 0.1) is 11.6 Å². The van der Waals surface area contributed by atoms with E-state index in [1.165, 1.54) is 0 Å². The molecule has 1 N–H and O–H groups in total. The van der Waals surface area contributed by atoms with Gasteiger partial charge >= 0.3 is 0 Å². The lowest BCUT2D eigenvalue weighted by molar-refractivity contribution is 0.0940. The van der Waals surface area contributed by atoms with E-state index in [-0.39, 0.29) is 17.1 Å². The van der Waals surface area contributed by atoms with E-state index < -0.39 is 0 Å². The minimum absolute atomic E-state index is 0.0289. The smallest absolute Gasteiger partial charge is 0.254 e. The highest BCUT2D eigenvalue weighted by Crippen LogP contribution is 2.19. The van der Waals surface area contributed by atoms with Crippen LogP contribution in [0.15, 0.2) is 35.8 Å². The van der Waals surface area contributed by atoms with E-state index in [4.69, 9.17) is 11.6 Å². The van der Waals surface area contributed by atoms with Crippen LogP contribution in [-0.4, -0.2) is 10.9 Å². The summed E-state index contributed by atoms with van der Waals surface area (Å²) in [4.78, 5) is 16.9. The van der Waals surface area contributed by atoms with E-state index in [1.54, 1.807) is 29.7 Å². The fraction of sp³-hybridized carbons (Fsp3) is 0.167. The van der Waals surface area contributed by atoms with Gasteiger partial charge in [-0.05, 0) is 30.5 Å². The number of aromatic nitrogens is 1. The molecule has 3 nitrogen and oxygen atoms in total. The van der Waals surface area contributed by atoms with Gasteiger partial charge in [0, 0.05) is 11.1 Å². The molecule has 0 aliphatic carbocycles. The van der Waals surface area contributed by atoms with Crippen molar-refractivity contribution < 1.29 is 4.79 Å². The Balaban J connectivity index is 2.10. The van der Waals surface area contributed by atoms with Gasteiger partial charge in [-0.25, -0.2) is 4.98 Å². The maximum absolute atomic E-state index is 11.9. The zero-order chi connectivity index (χ0) is 12.3. The lowest BCUT2D eigenvalue weighted by atomic mass is 10.2. The molecule has 0 saturated carbocycles. The summed E-state index contributed by atoms with van der Waals surface area (Å²) in [6.45, 7) is 1.94. The molecule has 88 valence electrons. The molecule has 0 aliphatic heterocycles. The standard InChI is InChI=1S/C12H11ClN2OS/c1-8(10-5-3-7-17-10)15-12(16)9-4-2-6-14-11(9)13/h2-8H,1H3,(H,15,16). The third-order valence-corrected chi connectivity index (χ3v) is 3.68. The van der Waals surface area contributed by atoms with Gasteiger partial charge in [0.15, 0.2) is 0 Å². The van der Waals surface area contributed by atoms with Crippen molar-refractivity contribution in [3.63, 3.8) is 0 Å². The molecule has 0 bridgehead atoms. The Morgan fingerprint density at radius 1 is 1.47 bits per heavy atom. The van der Waals surface area contributed by atoms with Crippen LogP contribution in [0.1, 0.15) is 28.2 Å². The van der Waals surface area contributed by atoms with Gasteiger partial charge in [0.2, 0.25) is 0 Å². The topological polar surface area (TPSA) is 42.0 Å². The summed E-state index contributed by atoms with van der Waals surface area (Å²) in [5.74, 6) is -0.205. The largest absolute Gasteiger partial charge is 0.345 e. The van der Waals surface area contributed by atoms with Crippen molar-refractivity contribution in [2.45, 2.75) is 13.0 Å². The first-order chi connectivity index (χ1) is 8.18. The van der Waals surface area contributed by atoms with Crippen molar-refractivity contribution in [3.8, 4) is 0 Å². The van der Waals surface area contributed by atoms with E-state index in [0.717, 1.165) is 4.88 Å². The first-order valence-corrected chi connectivity index (χ1v) is 6.39. The van der Waals surface area contributed by atoms with E-state index >= 15 is 0 Å². The number of carbonyl (C=O) groups is 1. The predicted octanol–water partition coefficient (Wildman–Crippen LogP) is 3.29. The van der Waals surface area contributed by atoms with Crippen molar-refractivity contribution in [1.29, 1.82) is 0 Å². The molecule has 2 heterocycles. The zero-order valence-corrected chi connectivity index (χ0v) is 10.8. The summed E-state index contributed by atoms with van der Waals surface area (Å²) in [5, 5.41) is 5.09. The zero-order valence-electron chi connectivity index (χ0n) is 9.18. The molecule has 2 aromatic rings. The minimum Gasteiger partial charge on any atom is -0.345 e. The Morgan fingerprint density at radius 3 is 2.94 bits per heavy atom. The predicted molar refractivity (Wildman–Crippen MR) is 69.4 cm³/mol. The number of halogens is 1. The van der Waals surface area contributed by atoms with Gasteiger partial charge in [0.25, 0.3) is 5.91 Å². The third kappa shape index (κ3) is 2.84. The first kappa shape index (κ1) is 12.1. The molecular weight excluding hydrogens is 256 g/mol. The summed E-state index contributed by atoms with van der Waals surface area (Å²) >= 11 is 7.47. The Morgan fingerprint density at radius 2 is 2.29 bits per heavy atom. The lowest BCUT2D eigenvalue weighted by Crippen LogP contribution is -2.26. The van der Waals surface area contributed by atoms with Crippen LogP contribution in [0.25, 0.3) is 0 Å². The number of rotatable bonds is 3. The Labute approximate surface area is 108 Å². The lowest BCUT2D eigenvalue weighted by Gasteiger charge is -2.12. The highest BCUT2D eigenvalue weighted by Gasteiger charge is 2.14. The van der Waals surface area contributed by atoms with Gasteiger partial charge in [-0.1, -0.05) is 17.7 Å². The maximum Gasteiger partial charge on any atom is 0.254 e. The molecule has 0 fully saturated rings. The molecule has 0 aromatic carbocycles. The van der Waals surface area contributed by atoms with Crippen molar-refractivity contribution >= 4 is 28.8 Å². The van der Waals surface area contributed by atoms with Crippen LogP contribution in [0.4, 0.5) is 0 Å². The molecule has 17 heavy (non-hydrogen) atoms. The molecule has 0 spiro atoms. The summed E-state index contributed by atoms with van der Waals surface area (Å²) in [6, 6.07) is 7.27. The number of hydrogen-bond donors (Lipinski definition) is 1. The fourth-order valence-electron chi connectivity index (χ4n) is 1.44. The molecule has 1 unspecified atom stereocenters. The third-order valence-electron chi connectivity index (χ3n) is 2.32. The van der Waals surface area contributed by atoms with Crippen LogP contribution < -0.4 is 5.32 Å². The number of nitrogens with zero attached hydrogens (tertiary/aromatic N) is 1. The number of nitrogens with one attached hydrogen (secondary N) is 1. The number of carbonyl (C=O) groups excluding carboxylic acids is 1. The number of pyridine rings is 1. The summed E-state index contributed by atoms with van der Waals surface area (Å²) < 4.78 is 0. The number of thiophene rings is 1. The van der Waals surface area contributed by atoms with Crippen LogP contribution >= 0.6 is 22.9 Å². The van der Waals surface area contributed by atoms with Crippen molar-refractivity contribution in [1.82, 2.24) is 10.3 Å². The second kappa shape index (κ2) is 5.29. The van der Waals surface area contributed by atoms with Crippen LogP contribution in [0, 0.1) is 0 Å². The molecule has 1 amide bonds. The quantitative estimate of drug-likeness (QED) is 0.867. The van der Waals surface area contributed by atoms with Crippen molar-refractivity contribution in [3.05, 3.63) is 51.4 Å². The first-order valence-electron chi connectivity index (χ1n) is 5.13. The molecule has 0 saturated heterocycles. The Kier molecular flexibility index (Phi) is 3.76. The van der Waals surface area contributed by atoms with Crippen LogP contribution in [0.5, 0.6) is 0 Å². The SMILES string of the molecule is CC(NC(=O)c1cccnc1Cl)c1cccs1. The maximum atomic E-state index is 11.9. The van der Waals surface area contributed by atoms with Crippen LogP contribution in [-0.2, 0) is 0 Å². The molecular formula is C12H11ClN2OS. The fourth-order valence-corrected chi connectivity index (χ4v) is 2.38. The van der Waals surface area contributed by atoms with E-state index in [9.17, 15) is 4.79 Å². The molecule has 1 atom stereocenters. The molecule has 5 heteroatoms. The van der Waals surface area contributed by atoms with Gasteiger partial charge in [0.1, 0.15) is 5.15 Å². The van der Waals surface area contributed by atoms with Gasteiger partial charge in [-0.3, -0.25) is 4.79 Å². The van der Waals surface area contributed by atoms with Crippen molar-refractivity contribution in [2.24, 2.45) is 0 Å². The monoisotopic (exact) mass is 266 g/mol. The van der Waals surface area contributed by atoms with E-state index in [2.05, 4.69) is 10.3 Å². The summed E-state index contributed by atoms with van der Waals surface area (Å²) in [7, 11) is 0. The average molecular weight is 267 g/mol. The van der Waals surface area contributed by atoms with Gasteiger partial charge < -0.3 is 5.32 Å². The second-order valence-electron chi connectivity index (χ2n) is 3.55. The minimum atomic E-state index is -0.205. The summed E-state index contributed by atoms with van der Waals surface area (Å²) in [5.41, 5.74) is 0.401. The Hall–Kier alpha value is -1.39. The van der Waals surface area contributed by atoms with Crippen LogP contribution in [0.2, 0.25) is 5.15 Å². The van der Waals surface area contributed by atoms with E-state index in [1.807, 2.05) is 24.4 Å². The van der Waals surface area contributed by atoms with E-state index in [0.29, 0.717) is 5.56 Å². The van der Waals surface area contributed by atoms with Crippen molar-refractivity contribution in [2.75, 3.05) is 0 Å². The van der Waals surface area contributed by atoms with Gasteiger partial charge in [-0.2, -0.15) is 0 Å². The molecule has 0 aliphatic rings. The Bertz CT molecular complexity index is 513. The number of amides is 1. The normalized spacial score (nSPS) is 12.1. The van der Waals surface area contributed by atoms with Gasteiger partial charge in [-0.15, -0.1) is 11.3 Å². The number of hydrogen-bond acceptors (Lipinski definition) is 3. The molecule has 2 rings (SSSR count). The summed E-state index contributed by atoms with van der Waals surface area (Å²) in [6.07, 6.45) is 1.56. The average Bonchev–Trinajstić information content (AvgIpc) is 2.82. The molecule has 2 aromatic heterocycles. The highest BCUT2D eigenvalue weighted by atomic mass is 35.5. The highest BCUT2D eigenvalue weighted by molar-refractivity contribution is 7.10. The second-order valence-corrected chi connectivity index (χ2v) is 4.89.